The van der Waals surface area contributed by atoms with Crippen LogP contribution in [0.5, 0.6) is 0 Å². The lowest BCUT2D eigenvalue weighted by atomic mass is 10.1. The predicted octanol–water partition coefficient (Wildman–Crippen LogP) is 2.78. The van der Waals surface area contributed by atoms with Gasteiger partial charge in [0.15, 0.2) is 11.5 Å². The van der Waals surface area contributed by atoms with Crippen LogP contribution in [0.15, 0.2) is 43.0 Å². The van der Waals surface area contributed by atoms with E-state index in [1.54, 1.807) is 10.8 Å². The molecule has 1 aromatic carbocycles. The zero-order valence-electron chi connectivity index (χ0n) is 11.0. The standard InChI is InChI=1S/C15H17N3O/c1-3-4-10-14(19)15-12(2)18(17-16-15)11-13-8-6-5-7-9-13/h3,5-9H,1,4,10-11H2,2H3. The maximum atomic E-state index is 11.9. The first-order valence-electron chi connectivity index (χ1n) is 6.30. The molecule has 0 saturated heterocycles. The zero-order chi connectivity index (χ0) is 13.7. The smallest absolute Gasteiger partial charge is 0.185 e. The Balaban J connectivity index is 2.14. The highest BCUT2D eigenvalue weighted by molar-refractivity contribution is 5.95. The molecule has 0 atom stereocenters. The fourth-order valence-electron chi connectivity index (χ4n) is 1.88. The lowest BCUT2D eigenvalue weighted by Gasteiger charge is -2.03. The molecule has 0 spiro atoms. The van der Waals surface area contributed by atoms with E-state index in [0.29, 0.717) is 25.1 Å². The van der Waals surface area contributed by atoms with E-state index in [-0.39, 0.29) is 5.78 Å². The largest absolute Gasteiger partial charge is 0.292 e. The lowest BCUT2D eigenvalue weighted by Crippen LogP contribution is -2.06. The topological polar surface area (TPSA) is 47.8 Å². The maximum absolute atomic E-state index is 11.9. The van der Waals surface area contributed by atoms with Gasteiger partial charge in [0.25, 0.3) is 0 Å². The minimum Gasteiger partial charge on any atom is -0.292 e. The molecule has 19 heavy (non-hydrogen) atoms. The normalized spacial score (nSPS) is 10.4. The number of hydrogen-bond acceptors (Lipinski definition) is 3. The monoisotopic (exact) mass is 255 g/mol. The molecule has 98 valence electrons. The molecule has 0 aliphatic rings. The van der Waals surface area contributed by atoms with Crippen molar-refractivity contribution in [2.45, 2.75) is 26.3 Å². The molecule has 1 aromatic heterocycles. The number of rotatable bonds is 6. The van der Waals surface area contributed by atoms with Crippen molar-refractivity contribution in [1.29, 1.82) is 0 Å². The number of carbonyl (C=O) groups excluding carboxylic acids is 1. The van der Waals surface area contributed by atoms with Crippen molar-refractivity contribution in [3.63, 3.8) is 0 Å². The molecule has 2 aromatic rings. The molecule has 1 heterocycles. The molecule has 2 rings (SSSR count). The van der Waals surface area contributed by atoms with Crippen molar-refractivity contribution in [3.05, 3.63) is 59.9 Å². The Hall–Kier alpha value is -2.23. The van der Waals surface area contributed by atoms with Gasteiger partial charge in [0, 0.05) is 6.42 Å². The Morgan fingerprint density at radius 1 is 1.37 bits per heavy atom. The van der Waals surface area contributed by atoms with Gasteiger partial charge in [-0.1, -0.05) is 41.6 Å². The van der Waals surface area contributed by atoms with Crippen LogP contribution in [0.4, 0.5) is 0 Å². The molecule has 4 heteroatoms. The number of carbonyl (C=O) groups is 1. The van der Waals surface area contributed by atoms with E-state index in [4.69, 9.17) is 0 Å². The summed E-state index contributed by atoms with van der Waals surface area (Å²) in [7, 11) is 0. The average Bonchev–Trinajstić information content (AvgIpc) is 2.79. The summed E-state index contributed by atoms with van der Waals surface area (Å²) in [5, 5.41) is 8.05. The van der Waals surface area contributed by atoms with Crippen LogP contribution < -0.4 is 0 Å². The summed E-state index contributed by atoms with van der Waals surface area (Å²) in [6.07, 6.45) is 2.85. The van der Waals surface area contributed by atoms with E-state index in [9.17, 15) is 4.79 Å². The first-order valence-corrected chi connectivity index (χ1v) is 6.30. The fourth-order valence-corrected chi connectivity index (χ4v) is 1.88. The van der Waals surface area contributed by atoms with Crippen molar-refractivity contribution >= 4 is 5.78 Å². The average molecular weight is 255 g/mol. The molecule has 0 aliphatic carbocycles. The number of benzene rings is 1. The molecule has 0 fully saturated rings. The molecule has 0 N–H and O–H groups in total. The van der Waals surface area contributed by atoms with Gasteiger partial charge in [0.1, 0.15) is 0 Å². The van der Waals surface area contributed by atoms with Crippen LogP contribution in [0.1, 0.15) is 34.6 Å². The van der Waals surface area contributed by atoms with Crippen LogP contribution in [0.2, 0.25) is 0 Å². The second kappa shape index (κ2) is 6.09. The molecule has 0 radical (unpaired) electrons. The number of allylic oxidation sites excluding steroid dienone is 1. The van der Waals surface area contributed by atoms with E-state index in [2.05, 4.69) is 16.9 Å². The Kier molecular flexibility index (Phi) is 4.23. The SMILES string of the molecule is C=CCCC(=O)c1nnn(Cc2ccccc2)c1C. The number of hydrogen-bond donors (Lipinski definition) is 0. The summed E-state index contributed by atoms with van der Waals surface area (Å²) in [4.78, 5) is 11.9. The summed E-state index contributed by atoms with van der Waals surface area (Å²) in [6.45, 7) is 6.13. The summed E-state index contributed by atoms with van der Waals surface area (Å²) in [5.41, 5.74) is 2.43. The zero-order valence-corrected chi connectivity index (χ0v) is 11.0. The molecule has 0 unspecified atom stereocenters. The van der Waals surface area contributed by atoms with Gasteiger partial charge in [0.05, 0.1) is 12.2 Å². The van der Waals surface area contributed by atoms with Crippen LogP contribution in [0, 0.1) is 6.92 Å². The second-order valence-corrected chi connectivity index (χ2v) is 4.42. The summed E-state index contributed by atoms with van der Waals surface area (Å²) in [5.74, 6) is 0.0247. The van der Waals surface area contributed by atoms with Gasteiger partial charge in [0.2, 0.25) is 0 Å². The van der Waals surface area contributed by atoms with Crippen LogP contribution in [-0.4, -0.2) is 20.8 Å². The van der Waals surface area contributed by atoms with E-state index in [0.717, 1.165) is 11.3 Å². The van der Waals surface area contributed by atoms with Gasteiger partial charge in [-0.15, -0.1) is 11.7 Å². The van der Waals surface area contributed by atoms with E-state index >= 15 is 0 Å². The number of nitrogens with zero attached hydrogens (tertiary/aromatic N) is 3. The van der Waals surface area contributed by atoms with Crippen LogP contribution in [0.3, 0.4) is 0 Å². The lowest BCUT2D eigenvalue weighted by molar-refractivity contribution is 0.0978. The number of ketones is 1. The predicted molar refractivity (Wildman–Crippen MR) is 74.1 cm³/mol. The Morgan fingerprint density at radius 2 is 2.11 bits per heavy atom. The molecule has 0 aliphatic heterocycles. The molecular formula is C15H17N3O. The molecule has 0 bridgehead atoms. The number of aromatic nitrogens is 3. The first-order chi connectivity index (χ1) is 9.22. The van der Waals surface area contributed by atoms with Gasteiger partial charge in [-0.2, -0.15) is 0 Å². The Bertz CT molecular complexity index is 572. The number of Topliss-reactive ketones (excluding diaryl/α,β-unsaturated/α-hetero) is 1. The van der Waals surface area contributed by atoms with Crippen molar-refractivity contribution in [2.75, 3.05) is 0 Å². The Labute approximate surface area is 112 Å². The molecule has 4 nitrogen and oxygen atoms in total. The third kappa shape index (κ3) is 3.16. The van der Waals surface area contributed by atoms with Gasteiger partial charge in [-0.05, 0) is 18.9 Å². The van der Waals surface area contributed by atoms with Crippen molar-refractivity contribution in [3.8, 4) is 0 Å². The molecule has 0 amide bonds. The van der Waals surface area contributed by atoms with E-state index in [1.165, 1.54) is 0 Å². The first kappa shape index (κ1) is 13.2. The quantitative estimate of drug-likeness (QED) is 0.589. The van der Waals surface area contributed by atoms with Crippen molar-refractivity contribution in [2.24, 2.45) is 0 Å². The molecular weight excluding hydrogens is 238 g/mol. The van der Waals surface area contributed by atoms with E-state index < -0.39 is 0 Å². The summed E-state index contributed by atoms with van der Waals surface area (Å²) in [6, 6.07) is 10.00. The van der Waals surface area contributed by atoms with Crippen molar-refractivity contribution in [1.82, 2.24) is 15.0 Å². The molecule has 0 saturated carbocycles. The minimum absolute atomic E-state index is 0.0247. The third-order valence-corrected chi connectivity index (χ3v) is 3.00. The van der Waals surface area contributed by atoms with Gasteiger partial charge in [-0.25, -0.2) is 4.68 Å². The summed E-state index contributed by atoms with van der Waals surface area (Å²) >= 11 is 0. The van der Waals surface area contributed by atoms with Gasteiger partial charge < -0.3 is 0 Å². The Morgan fingerprint density at radius 3 is 2.79 bits per heavy atom. The fraction of sp³-hybridized carbons (Fsp3) is 0.267. The van der Waals surface area contributed by atoms with Gasteiger partial charge >= 0.3 is 0 Å². The van der Waals surface area contributed by atoms with Crippen LogP contribution >= 0.6 is 0 Å². The maximum Gasteiger partial charge on any atom is 0.185 e. The van der Waals surface area contributed by atoms with Crippen molar-refractivity contribution < 1.29 is 4.79 Å². The third-order valence-electron chi connectivity index (χ3n) is 3.00. The summed E-state index contributed by atoms with van der Waals surface area (Å²) < 4.78 is 1.76. The van der Waals surface area contributed by atoms with Gasteiger partial charge in [-0.3, -0.25) is 4.79 Å². The highest BCUT2D eigenvalue weighted by Gasteiger charge is 2.15. The highest BCUT2D eigenvalue weighted by atomic mass is 16.1. The second-order valence-electron chi connectivity index (χ2n) is 4.42. The van der Waals surface area contributed by atoms with Crippen LogP contribution in [-0.2, 0) is 6.54 Å². The van der Waals surface area contributed by atoms with Crippen LogP contribution in [0.25, 0.3) is 0 Å². The highest BCUT2D eigenvalue weighted by Crippen LogP contribution is 2.10. The minimum atomic E-state index is 0.0247. The van der Waals surface area contributed by atoms with E-state index in [1.807, 2.05) is 37.3 Å².